The SMILES string of the molecule is O=C(Nc1cc(-c2ccccn2)no1)C1CC1. The molecule has 1 fully saturated rings. The molecule has 1 amide bonds. The summed E-state index contributed by atoms with van der Waals surface area (Å²) in [6.07, 6.45) is 3.62. The van der Waals surface area contributed by atoms with E-state index in [4.69, 9.17) is 4.52 Å². The zero-order valence-corrected chi connectivity index (χ0v) is 9.09. The van der Waals surface area contributed by atoms with Gasteiger partial charge in [-0.15, -0.1) is 0 Å². The van der Waals surface area contributed by atoms with E-state index in [1.807, 2.05) is 18.2 Å². The number of hydrogen-bond acceptors (Lipinski definition) is 4. The quantitative estimate of drug-likeness (QED) is 0.874. The second-order valence-electron chi connectivity index (χ2n) is 4.05. The number of carbonyl (C=O) groups excluding carboxylic acids is 1. The number of carbonyl (C=O) groups is 1. The molecular weight excluding hydrogens is 218 g/mol. The van der Waals surface area contributed by atoms with Crippen molar-refractivity contribution in [1.82, 2.24) is 10.1 Å². The predicted octanol–water partition coefficient (Wildman–Crippen LogP) is 2.09. The van der Waals surface area contributed by atoms with Gasteiger partial charge in [0, 0.05) is 18.2 Å². The van der Waals surface area contributed by atoms with E-state index in [-0.39, 0.29) is 11.8 Å². The lowest BCUT2D eigenvalue weighted by Gasteiger charge is -1.96. The molecular formula is C12H11N3O2. The number of nitrogens with one attached hydrogen (secondary N) is 1. The number of anilines is 1. The fraction of sp³-hybridized carbons (Fsp3) is 0.250. The van der Waals surface area contributed by atoms with Gasteiger partial charge in [0.25, 0.3) is 0 Å². The number of rotatable bonds is 3. The average Bonchev–Trinajstić information content (AvgIpc) is 3.12. The standard InChI is InChI=1S/C12H11N3O2/c16-12(8-4-5-8)14-11-7-10(15-17-11)9-3-1-2-6-13-9/h1-3,6-8H,4-5H2,(H,14,16). The fourth-order valence-corrected chi connectivity index (χ4v) is 1.54. The molecule has 1 aliphatic rings. The summed E-state index contributed by atoms with van der Waals surface area (Å²) in [5, 5.41) is 6.57. The molecule has 0 aromatic carbocycles. The van der Waals surface area contributed by atoms with Gasteiger partial charge < -0.3 is 4.52 Å². The average molecular weight is 229 g/mol. The van der Waals surface area contributed by atoms with Gasteiger partial charge in [-0.3, -0.25) is 15.1 Å². The molecule has 0 unspecified atom stereocenters. The van der Waals surface area contributed by atoms with Crippen molar-refractivity contribution in [2.75, 3.05) is 5.32 Å². The third kappa shape index (κ3) is 2.18. The van der Waals surface area contributed by atoms with Crippen molar-refractivity contribution in [2.45, 2.75) is 12.8 Å². The molecule has 5 nitrogen and oxygen atoms in total. The summed E-state index contributed by atoms with van der Waals surface area (Å²) in [6, 6.07) is 7.23. The second-order valence-corrected chi connectivity index (χ2v) is 4.05. The van der Waals surface area contributed by atoms with Crippen molar-refractivity contribution in [2.24, 2.45) is 5.92 Å². The van der Waals surface area contributed by atoms with Crippen LogP contribution in [0.3, 0.4) is 0 Å². The number of pyridine rings is 1. The first-order chi connectivity index (χ1) is 8.33. The Morgan fingerprint density at radius 2 is 2.24 bits per heavy atom. The summed E-state index contributed by atoms with van der Waals surface area (Å²) in [5.41, 5.74) is 1.35. The molecule has 1 saturated carbocycles. The minimum atomic E-state index is 0.00807. The summed E-state index contributed by atoms with van der Waals surface area (Å²) in [7, 11) is 0. The van der Waals surface area contributed by atoms with Crippen molar-refractivity contribution in [3.63, 3.8) is 0 Å². The monoisotopic (exact) mass is 229 g/mol. The van der Waals surface area contributed by atoms with Gasteiger partial charge in [0.05, 0.1) is 5.69 Å². The molecule has 3 rings (SSSR count). The minimum absolute atomic E-state index is 0.00807. The van der Waals surface area contributed by atoms with Gasteiger partial charge in [0.1, 0.15) is 5.69 Å². The molecule has 0 aliphatic heterocycles. The van der Waals surface area contributed by atoms with Crippen LogP contribution >= 0.6 is 0 Å². The maximum atomic E-state index is 11.5. The van der Waals surface area contributed by atoms with Gasteiger partial charge in [-0.2, -0.15) is 0 Å². The summed E-state index contributed by atoms with van der Waals surface area (Å²) in [6.45, 7) is 0. The van der Waals surface area contributed by atoms with E-state index in [2.05, 4.69) is 15.5 Å². The lowest BCUT2D eigenvalue weighted by molar-refractivity contribution is -0.117. The molecule has 0 radical (unpaired) electrons. The van der Waals surface area contributed by atoms with Crippen LogP contribution in [-0.4, -0.2) is 16.0 Å². The van der Waals surface area contributed by atoms with Gasteiger partial charge in [-0.05, 0) is 25.0 Å². The summed E-state index contributed by atoms with van der Waals surface area (Å²) >= 11 is 0. The Bertz CT molecular complexity index is 532. The molecule has 2 aromatic rings. The molecule has 0 atom stereocenters. The zero-order valence-electron chi connectivity index (χ0n) is 9.09. The predicted molar refractivity (Wildman–Crippen MR) is 61.1 cm³/mol. The number of hydrogen-bond donors (Lipinski definition) is 1. The molecule has 0 bridgehead atoms. The van der Waals surface area contributed by atoms with Crippen LogP contribution in [0.1, 0.15) is 12.8 Å². The van der Waals surface area contributed by atoms with Gasteiger partial charge in [0.15, 0.2) is 0 Å². The first-order valence-corrected chi connectivity index (χ1v) is 5.52. The van der Waals surface area contributed by atoms with Crippen LogP contribution in [0, 0.1) is 5.92 Å². The van der Waals surface area contributed by atoms with Crippen LogP contribution in [0.2, 0.25) is 0 Å². The van der Waals surface area contributed by atoms with Crippen LogP contribution < -0.4 is 5.32 Å². The Labute approximate surface area is 97.8 Å². The third-order valence-electron chi connectivity index (χ3n) is 2.63. The van der Waals surface area contributed by atoms with Crippen molar-refractivity contribution in [3.05, 3.63) is 30.5 Å². The molecule has 17 heavy (non-hydrogen) atoms. The van der Waals surface area contributed by atoms with Crippen molar-refractivity contribution < 1.29 is 9.32 Å². The normalized spacial score (nSPS) is 14.6. The lowest BCUT2D eigenvalue weighted by Crippen LogP contribution is -2.12. The Hall–Kier alpha value is -2.17. The van der Waals surface area contributed by atoms with Crippen LogP contribution in [0.25, 0.3) is 11.4 Å². The second kappa shape index (κ2) is 4.01. The van der Waals surface area contributed by atoms with Crippen LogP contribution in [0.5, 0.6) is 0 Å². The van der Waals surface area contributed by atoms with Gasteiger partial charge >= 0.3 is 0 Å². The molecule has 2 heterocycles. The minimum Gasteiger partial charge on any atom is -0.338 e. The van der Waals surface area contributed by atoms with E-state index in [9.17, 15) is 4.79 Å². The highest BCUT2D eigenvalue weighted by atomic mass is 16.5. The van der Waals surface area contributed by atoms with Gasteiger partial charge in [0.2, 0.25) is 11.8 Å². The number of nitrogens with zero attached hydrogens (tertiary/aromatic N) is 2. The highest BCUT2D eigenvalue weighted by Crippen LogP contribution is 2.30. The van der Waals surface area contributed by atoms with Gasteiger partial charge in [-0.1, -0.05) is 11.2 Å². The maximum Gasteiger partial charge on any atom is 0.231 e. The number of aromatic nitrogens is 2. The summed E-state index contributed by atoms with van der Waals surface area (Å²) in [5.74, 6) is 0.537. The Morgan fingerprint density at radius 1 is 1.35 bits per heavy atom. The topological polar surface area (TPSA) is 68.0 Å². The third-order valence-corrected chi connectivity index (χ3v) is 2.63. The van der Waals surface area contributed by atoms with Crippen LogP contribution in [-0.2, 0) is 4.79 Å². The molecule has 1 N–H and O–H groups in total. The van der Waals surface area contributed by atoms with Gasteiger partial charge in [-0.25, -0.2) is 0 Å². The van der Waals surface area contributed by atoms with E-state index >= 15 is 0 Å². The van der Waals surface area contributed by atoms with E-state index in [1.54, 1.807) is 12.3 Å². The van der Waals surface area contributed by atoms with E-state index in [1.165, 1.54) is 0 Å². The zero-order chi connectivity index (χ0) is 11.7. The molecule has 86 valence electrons. The highest BCUT2D eigenvalue weighted by molar-refractivity contribution is 5.93. The first-order valence-electron chi connectivity index (χ1n) is 5.52. The first kappa shape index (κ1) is 10.0. The Kier molecular flexibility index (Phi) is 2.36. The molecule has 5 heteroatoms. The maximum absolute atomic E-state index is 11.5. The number of amides is 1. The smallest absolute Gasteiger partial charge is 0.231 e. The molecule has 0 saturated heterocycles. The molecule has 2 aromatic heterocycles. The molecule has 0 spiro atoms. The Balaban J connectivity index is 1.76. The van der Waals surface area contributed by atoms with Crippen molar-refractivity contribution in [3.8, 4) is 11.4 Å². The molecule has 1 aliphatic carbocycles. The van der Waals surface area contributed by atoms with Crippen molar-refractivity contribution >= 4 is 11.8 Å². The van der Waals surface area contributed by atoms with E-state index in [0.29, 0.717) is 11.6 Å². The fourth-order valence-electron chi connectivity index (χ4n) is 1.54. The van der Waals surface area contributed by atoms with Crippen LogP contribution in [0.15, 0.2) is 35.0 Å². The van der Waals surface area contributed by atoms with Crippen LogP contribution in [0.4, 0.5) is 5.88 Å². The van der Waals surface area contributed by atoms with E-state index < -0.39 is 0 Å². The lowest BCUT2D eigenvalue weighted by atomic mass is 10.3. The Morgan fingerprint density at radius 3 is 2.94 bits per heavy atom. The van der Waals surface area contributed by atoms with E-state index in [0.717, 1.165) is 18.5 Å². The highest BCUT2D eigenvalue weighted by Gasteiger charge is 2.30. The summed E-state index contributed by atoms with van der Waals surface area (Å²) in [4.78, 5) is 15.7. The largest absolute Gasteiger partial charge is 0.338 e. The van der Waals surface area contributed by atoms with Crippen molar-refractivity contribution in [1.29, 1.82) is 0 Å². The summed E-state index contributed by atoms with van der Waals surface area (Å²) < 4.78 is 5.05.